The van der Waals surface area contributed by atoms with E-state index in [-0.39, 0.29) is 24.8 Å². The van der Waals surface area contributed by atoms with Gasteiger partial charge in [-0.25, -0.2) is 0 Å². The number of aliphatic carboxylic acids is 1. The summed E-state index contributed by atoms with van der Waals surface area (Å²) in [5.74, 6) is -1.54. The molecule has 1 aliphatic heterocycles. The molecule has 1 aliphatic rings. The highest BCUT2D eigenvalue weighted by atomic mass is 16.5. The van der Waals surface area contributed by atoms with Gasteiger partial charge < -0.3 is 14.5 Å². The van der Waals surface area contributed by atoms with Crippen LogP contribution in [0.1, 0.15) is 10.6 Å². The summed E-state index contributed by atoms with van der Waals surface area (Å²) >= 11 is 0. The van der Waals surface area contributed by atoms with Gasteiger partial charge in [0.1, 0.15) is 5.69 Å². The SMILES string of the molecule is O=C(O)C1CN(C(=O)c2cc(-c3ccccc3)no2)C1. The molecule has 1 fully saturated rings. The van der Waals surface area contributed by atoms with E-state index in [1.165, 1.54) is 4.90 Å². The number of carbonyl (C=O) groups is 2. The first-order valence-corrected chi connectivity index (χ1v) is 6.19. The lowest BCUT2D eigenvalue weighted by atomic mass is 10.0. The Morgan fingerprint density at radius 3 is 2.60 bits per heavy atom. The van der Waals surface area contributed by atoms with Gasteiger partial charge in [-0.3, -0.25) is 9.59 Å². The largest absolute Gasteiger partial charge is 0.481 e. The van der Waals surface area contributed by atoms with Crippen LogP contribution in [0.5, 0.6) is 0 Å². The molecule has 6 heteroatoms. The van der Waals surface area contributed by atoms with Gasteiger partial charge in [0.25, 0.3) is 5.91 Å². The maximum absolute atomic E-state index is 12.0. The van der Waals surface area contributed by atoms with Gasteiger partial charge in [-0.05, 0) is 0 Å². The molecule has 1 aromatic heterocycles. The molecule has 1 N–H and O–H groups in total. The zero-order chi connectivity index (χ0) is 14.1. The lowest BCUT2D eigenvalue weighted by Crippen LogP contribution is -2.52. The monoisotopic (exact) mass is 272 g/mol. The molecular weight excluding hydrogens is 260 g/mol. The van der Waals surface area contributed by atoms with E-state index in [1.54, 1.807) is 6.07 Å². The van der Waals surface area contributed by atoms with E-state index in [0.29, 0.717) is 5.69 Å². The van der Waals surface area contributed by atoms with E-state index < -0.39 is 11.9 Å². The van der Waals surface area contributed by atoms with E-state index in [9.17, 15) is 9.59 Å². The molecule has 3 rings (SSSR count). The van der Waals surface area contributed by atoms with E-state index in [0.717, 1.165) is 5.56 Å². The minimum absolute atomic E-state index is 0.132. The maximum atomic E-state index is 12.0. The van der Waals surface area contributed by atoms with Crippen molar-refractivity contribution in [1.82, 2.24) is 10.1 Å². The van der Waals surface area contributed by atoms with Crippen LogP contribution in [0.2, 0.25) is 0 Å². The summed E-state index contributed by atoms with van der Waals surface area (Å²) < 4.78 is 5.04. The Morgan fingerprint density at radius 2 is 1.95 bits per heavy atom. The third-order valence-electron chi connectivity index (χ3n) is 3.31. The topological polar surface area (TPSA) is 83.6 Å². The minimum Gasteiger partial charge on any atom is -0.481 e. The molecule has 20 heavy (non-hydrogen) atoms. The summed E-state index contributed by atoms with van der Waals surface area (Å²) in [7, 11) is 0. The Kier molecular flexibility index (Phi) is 2.98. The van der Waals surface area contributed by atoms with Crippen molar-refractivity contribution in [1.29, 1.82) is 0 Å². The Labute approximate surface area is 114 Å². The molecule has 1 amide bonds. The fourth-order valence-corrected chi connectivity index (χ4v) is 2.08. The number of carboxylic acid groups (broad SMARTS) is 1. The normalized spacial score (nSPS) is 14.9. The highest BCUT2D eigenvalue weighted by Gasteiger charge is 2.37. The van der Waals surface area contributed by atoms with Crippen molar-refractivity contribution in [3.05, 3.63) is 42.2 Å². The zero-order valence-corrected chi connectivity index (χ0v) is 10.5. The fourth-order valence-electron chi connectivity index (χ4n) is 2.08. The summed E-state index contributed by atoms with van der Waals surface area (Å²) in [4.78, 5) is 24.2. The van der Waals surface area contributed by atoms with Gasteiger partial charge in [-0.1, -0.05) is 35.5 Å². The van der Waals surface area contributed by atoms with Crippen molar-refractivity contribution < 1.29 is 19.2 Å². The van der Waals surface area contributed by atoms with Crippen LogP contribution in [0.25, 0.3) is 11.3 Å². The Balaban J connectivity index is 1.72. The highest BCUT2D eigenvalue weighted by molar-refractivity contribution is 5.94. The van der Waals surface area contributed by atoms with Gasteiger partial charge in [0.05, 0.1) is 5.92 Å². The molecule has 2 heterocycles. The van der Waals surface area contributed by atoms with Crippen molar-refractivity contribution >= 4 is 11.9 Å². The number of hydrogen-bond acceptors (Lipinski definition) is 4. The van der Waals surface area contributed by atoms with Crippen LogP contribution >= 0.6 is 0 Å². The van der Waals surface area contributed by atoms with E-state index in [4.69, 9.17) is 9.63 Å². The Morgan fingerprint density at radius 1 is 1.25 bits per heavy atom. The number of amides is 1. The number of benzene rings is 1. The van der Waals surface area contributed by atoms with E-state index in [1.807, 2.05) is 30.3 Å². The second-order valence-corrected chi connectivity index (χ2v) is 4.69. The van der Waals surface area contributed by atoms with Crippen LogP contribution in [0.4, 0.5) is 0 Å². The number of carboxylic acids is 1. The molecule has 0 atom stereocenters. The van der Waals surface area contributed by atoms with Crippen molar-refractivity contribution in [2.24, 2.45) is 5.92 Å². The van der Waals surface area contributed by atoms with Crippen LogP contribution in [0.3, 0.4) is 0 Å². The Hall–Kier alpha value is -2.63. The molecule has 0 spiro atoms. The average Bonchev–Trinajstić information content (AvgIpc) is 2.87. The van der Waals surface area contributed by atoms with Gasteiger partial charge in [0, 0.05) is 24.7 Å². The molecule has 1 saturated heterocycles. The van der Waals surface area contributed by atoms with Gasteiger partial charge in [-0.15, -0.1) is 0 Å². The van der Waals surface area contributed by atoms with Crippen LogP contribution in [0, 0.1) is 5.92 Å². The third kappa shape index (κ3) is 2.16. The summed E-state index contributed by atoms with van der Waals surface area (Å²) in [5.41, 5.74) is 1.45. The predicted octanol–water partition coefficient (Wildman–Crippen LogP) is 1.50. The maximum Gasteiger partial charge on any atom is 0.310 e. The van der Waals surface area contributed by atoms with Crippen molar-refractivity contribution in [2.75, 3.05) is 13.1 Å². The molecule has 0 radical (unpaired) electrons. The number of carbonyl (C=O) groups excluding carboxylic acids is 1. The standard InChI is InChI=1S/C14H12N2O4/c17-13(16-7-10(8-16)14(18)19)12-6-11(15-20-12)9-4-2-1-3-5-9/h1-6,10H,7-8H2,(H,18,19). The van der Waals surface area contributed by atoms with Crippen molar-refractivity contribution in [2.45, 2.75) is 0 Å². The second kappa shape index (κ2) is 4.80. The first-order chi connectivity index (χ1) is 9.65. The number of rotatable bonds is 3. The van der Waals surface area contributed by atoms with Gasteiger partial charge in [-0.2, -0.15) is 0 Å². The molecule has 0 saturated carbocycles. The van der Waals surface area contributed by atoms with Crippen molar-refractivity contribution in [3.63, 3.8) is 0 Å². The summed E-state index contributed by atoms with van der Waals surface area (Å²) in [5, 5.41) is 12.6. The highest BCUT2D eigenvalue weighted by Crippen LogP contribution is 2.22. The smallest absolute Gasteiger partial charge is 0.310 e. The molecule has 1 aromatic carbocycles. The van der Waals surface area contributed by atoms with E-state index in [2.05, 4.69) is 5.16 Å². The predicted molar refractivity (Wildman–Crippen MR) is 69.0 cm³/mol. The van der Waals surface area contributed by atoms with Gasteiger partial charge in [0.2, 0.25) is 5.76 Å². The molecule has 102 valence electrons. The Bertz CT molecular complexity index is 644. The van der Waals surface area contributed by atoms with E-state index >= 15 is 0 Å². The molecule has 6 nitrogen and oxygen atoms in total. The number of hydrogen-bond donors (Lipinski definition) is 1. The quantitative estimate of drug-likeness (QED) is 0.915. The summed E-state index contributed by atoms with van der Waals surface area (Å²) in [6.07, 6.45) is 0. The average molecular weight is 272 g/mol. The lowest BCUT2D eigenvalue weighted by Gasteiger charge is -2.35. The summed E-state index contributed by atoms with van der Waals surface area (Å²) in [6, 6.07) is 11.0. The molecule has 2 aromatic rings. The zero-order valence-electron chi connectivity index (χ0n) is 10.5. The third-order valence-corrected chi connectivity index (χ3v) is 3.31. The molecule has 0 bridgehead atoms. The fraction of sp³-hybridized carbons (Fsp3) is 0.214. The van der Waals surface area contributed by atoms with Crippen LogP contribution in [-0.4, -0.2) is 40.1 Å². The minimum atomic E-state index is -0.878. The first-order valence-electron chi connectivity index (χ1n) is 6.19. The van der Waals surface area contributed by atoms with Crippen LogP contribution in [-0.2, 0) is 4.79 Å². The molecule has 0 unspecified atom stereocenters. The van der Waals surface area contributed by atoms with Crippen LogP contribution in [0.15, 0.2) is 40.9 Å². The molecular formula is C14H12N2O4. The van der Waals surface area contributed by atoms with Crippen LogP contribution < -0.4 is 0 Å². The second-order valence-electron chi connectivity index (χ2n) is 4.69. The number of nitrogens with zero attached hydrogens (tertiary/aromatic N) is 2. The molecule has 0 aliphatic carbocycles. The lowest BCUT2D eigenvalue weighted by molar-refractivity contribution is -0.146. The first kappa shape index (κ1) is 12.4. The number of aromatic nitrogens is 1. The number of likely N-dealkylation sites (tertiary alicyclic amines) is 1. The van der Waals surface area contributed by atoms with Gasteiger partial charge in [0.15, 0.2) is 0 Å². The van der Waals surface area contributed by atoms with Crippen molar-refractivity contribution in [3.8, 4) is 11.3 Å². The van der Waals surface area contributed by atoms with Gasteiger partial charge >= 0.3 is 5.97 Å². The summed E-state index contributed by atoms with van der Waals surface area (Å²) in [6.45, 7) is 0.436.